The lowest BCUT2D eigenvalue weighted by Gasteiger charge is -2.10. The Morgan fingerprint density at radius 1 is 1.28 bits per heavy atom. The smallest absolute Gasteiger partial charge is 0.341 e. The molecule has 0 bridgehead atoms. The second kappa shape index (κ2) is 7.89. The van der Waals surface area contributed by atoms with Crippen LogP contribution in [-0.2, 0) is 9.53 Å². The van der Waals surface area contributed by atoms with Crippen molar-refractivity contribution in [3.63, 3.8) is 0 Å². The third kappa shape index (κ3) is 4.21. The molecular weight excluding hydrogens is 344 g/mol. The van der Waals surface area contributed by atoms with Crippen LogP contribution >= 0.6 is 11.3 Å². The Bertz CT molecular complexity index is 796. The fraction of sp³-hybridized carbons (Fsp3) is 0.294. The molecule has 0 saturated heterocycles. The number of hydrogen-bond acceptors (Lipinski definition) is 6. The highest BCUT2D eigenvalue weighted by atomic mass is 32.1. The quantitative estimate of drug-likeness (QED) is 0.474. The minimum absolute atomic E-state index is 0.0370. The van der Waals surface area contributed by atoms with Gasteiger partial charge in [0.15, 0.2) is 0 Å². The molecule has 1 aromatic carbocycles. The molecule has 0 spiro atoms. The number of anilines is 1. The van der Waals surface area contributed by atoms with E-state index in [9.17, 15) is 19.7 Å². The number of esters is 1. The average molecular weight is 362 g/mol. The number of carbonyl (C=O) groups is 2. The monoisotopic (exact) mass is 362 g/mol. The number of nitro groups is 1. The Morgan fingerprint density at radius 2 is 1.92 bits per heavy atom. The van der Waals surface area contributed by atoms with Gasteiger partial charge in [0.2, 0.25) is 5.91 Å². The summed E-state index contributed by atoms with van der Waals surface area (Å²) in [5, 5.41) is 15.7. The maximum atomic E-state index is 12.4. The van der Waals surface area contributed by atoms with Gasteiger partial charge < -0.3 is 10.1 Å². The fourth-order valence-electron chi connectivity index (χ4n) is 2.09. The molecule has 1 amide bonds. The number of hydrogen-bond donors (Lipinski definition) is 1. The molecule has 2 rings (SSSR count). The minimum atomic E-state index is -0.545. The maximum Gasteiger partial charge on any atom is 0.341 e. The highest BCUT2D eigenvalue weighted by Gasteiger charge is 2.23. The molecule has 0 saturated carbocycles. The van der Waals surface area contributed by atoms with E-state index < -0.39 is 10.9 Å². The number of carbonyl (C=O) groups excluding carboxylic acids is 2. The molecule has 2 aromatic rings. The Balaban J connectivity index is 2.46. The van der Waals surface area contributed by atoms with E-state index in [1.807, 2.05) is 0 Å². The summed E-state index contributed by atoms with van der Waals surface area (Å²) in [5.41, 5.74) is 1.42. The van der Waals surface area contributed by atoms with E-state index >= 15 is 0 Å². The minimum Gasteiger partial charge on any atom is -0.462 e. The molecule has 1 N–H and O–H groups in total. The number of non-ortho nitro benzene ring substituents is 1. The largest absolute Gasteiger partial charge is 0.462 e. The highest BCUT2D eigenvalue weighted by Crippen LogP contribution is 2.37. The summed E-state index contributed by atoms with van der Waals surface area (Å²) in [4.78, 5) is 34.6. The van der Waals surface area contributed by atoms with Gasteiger partial charge in [0.05, 0.1) is 11.5 Å². The molecule has 8 heteroatoms. The van der Waals surface area contributed by atoms with Gasteiger partial charge in [-0.15, -0.1) is 11.3 Å². The Labute approximate surface area is 148 Å². The van der Waals surface area contributed by atoms with Gasteiger partial charge in [-0.2, -0.15) is 0 Å². The van der Waals surface area contributed by atoms with E-state index in [-0.39, 0.29) is 29.7 Å². The summed E-state index contributed by atoms with van der Waals surface area (Å²) in [6.07, 6.45) is 0. The topological polar surface area (TPSA) is 98.5 Å². The molecule has 0 aliphatic rings. The molecule has 0 atom stereocenters. The zero-order valence-electron chi connectivity index (χ0n) is 14.1. The number of thiophene rings is 1. The van der Waals surface area contributed by atoms with Crippen LogP contribution in [0.2, 0.25) is 0 Å². The second-order valence-electron chi connectivity index (χ2n) is 5.52. The Morgan fingerprint density at radius 3 is 2.44 bits per heavy atom. The van der Waals surface area contributed by atoms with Crippen molar-refractivity contribution in [2.75, 3.05) is 11.9 Å². The lowest BCUT2D eigenvalue weighted by molar-refractivity contribution is -0.384. The van der Waals surface area contributed by atoms with Gasteiger partial charge in [0.1, 0.15) is 10.6 Å². The molecule has 1 heterocycles. The SMILES string of the molecule is CCOC(=O)c1c(-c2ccc([N+](=O)[O-])cc2)csc1NC(=O)C(C)C. The molecule has 1 aromatic heterocycles. The average Bonchev–Trinajstić information content (AvgIpc) is 2.98. The van der Waals surface area contributed by atoms with E-state index in [1.165, 1.54) is 23.5 Å². The summed E-state index contributed by atoms with van der Waals surface area (Å²) in [6.45, 7) is 5.41. The van der Waals surface area contributed by atoms with E-state index in [1.54, 1.807) is 38.3 Å². The van der Waals surface area contributed by atoms with Crippen LogP contribution in [0.1, 0.15) is 31.1 Å². The molecule has 0 radical (unpaired) electrons. The van der Waals surface area contributed by atoms with Crippen molar-refractivity contribution in [2.45, 2.75) is 20.8 Å². The number of benzene rings is 1. The highest BCUT2D eigenvalue weighted by molar-refractivity contribution is 7.15. The van der Waals surface area contributed by atoms with Crippen LogP contribution in [0, 0.1) is 16.0 Å². The predicted molar refractivity (Wildman–Crippen MR) is 95.8 cm³/mol. The van der Waals surface area contributed by atoms with Crippen LogP contribution in [0.15, 0.2) is 29.6 Å². The first-order valence-corrected chi connectivity index (χ1v) is 8.57. The van der Waals surface area contributed by atoms with Gasteiger partial charge in [-0.3, -0.25) is 14.9 Å². The zero-order valence-corrected chi connectivity index (χ0v) is 14.9. The van der Waals surface area contributed by atoms with Crippen LogP contribution in [0.25, 0.3) is 11.1 Å². The van der Waals surface area contributed by atoms with Crippen LogP contribution in [-0.4, -0.2) is 23.4 Å². The Kier molecular flexibility index (Phi) is 5.87. The molecule has 0 fully saturated rings. The summed E-state index contributed by atoms with van der Waals surface area (Å²) in [7, 11) is 0. The van der Waals surface area contributed by atoms with E-state index in [0.29, 0.717) is 16.1 Å². The molecule has 0 aliphatic heterocycles. The molecule has 7 nitrogen and oxygen atoms in total. The van der Waals surface area contributed by atoms with Gasteiger partial charge in [-0.25, -0.2) is 4.79 Å². The van der Waals surface area contributed by atoms with Crippen LogP contribution in [0.4, 0.5) is 10.7 Å². The van der Waals surface area contributed by atoms with E-state index in [0.717, 1.165) is 0 Å². The number of nitrogens with zero attached hydrogens (tertiary/aromatic N) is 1. The number of nitrogens with one attached hydrogen (secondary N) is 1. The number of nitro benzene ring substituents is 1. The van der Waals surface area contributed by atoms with E-state index in [2.05, 4.69) is 5.32 Å². The standard InChI is InChI=1S/C17H18N2O5S/c1-4-24-17(21)14-13(9-25-16(14)18-15(20)10(2)3)11-5-7-12(8-6-11)19(22)23/h5-10H,4H2,1-3H3,(H,18,20). The molecule has 0 aliphatic carbocycles. The maximum absolute atomic E-state index is 12.4. The second-order valence-corrected chi connectivity index (χ2v) is 6.40. The van der Waals surface area contributed by atoms with Crippen molar-refractivity contribution in [2.24, 2.45) is 5.92 Å². The van der Waals surface area contributed by atoms with Crippen molar-refractivity contribution in [1.82, 2.24) is 0 Å². The van der Waals surface area contributed by atoms with Crippen molar-refractivity contribution >= 4 is 33.9 Å². The van der Waals surface area contributed by atoms with Gasteiger partial charge >= 0.3 is 5.97 Å². The summed E-state index contributed by atoms with van der Waals surface area (Å²) in [5.74, 6) is -0.987. The zero-order chi connectivity index (χ0) is 18.6. The fourth-order valence-corrected chi connectivity index (χ4v) is 3.05. The van der Waals surface area contributed by atoms with Gasteiger partial charge in [-0.05, 0) is 24.6 Å². The first kappa shape index (κ1) is 18.6. The van der Waals surface area contributed by atoms with E-state index in [4.69, 9.17) is 4.74 Å². The lowest BCUT2D eigenvalue weighted by atomic mass is 10.0. The third-order valence-electron chi connectivity index (χ3n) is 3.42. The predicted octanol–water partition coefficient (Wildman–Crippen LogP) is 4.09. The number of rotatable bonds is 6. The number of ether oxygens (including phenoxy) is 1. The summed E-state index contributed by atoms with van der Waals surface area (Å²) in [6, 6.07) is 5.87. The van der Waals surface area contributed by atoms with Crippen molar-refractivity contribution in [3.05, 3.63) is 45.3 Å². The van der Waals surface area contributed by atoms with Crippen LogP contribution < -0.4 is 5.32 Å². The molecule has 25 heavy (non-hydrogen) atoms. The van der Waals surface area contributed by atoms with Crippen molar-refractivity contribution in [3.8, 4) is 11.1 Å². The van der Waals surface area contributed by atoms with Crippen LogP contribution in [0.3, 0.4) is 0 Å². The van der Waals surface area contributed by atoms with Gasteiger partial charge in [0, 0.05) is 29.0 Å². The lowest BCUT2D eigenvalue weighted by Crippen LogP contribution is -2.19. The first-order chi connectivity index (χ1) is 11.8. The summed E-state index contributed by atoms with van der Waals surface area (Å²) >= 11 is 1.21. The van der Waals surface area contributed by atoms with Crippen LogP contribution in [0.5, 0.6) is 0 Å². The van der Waals surface area contributed by atoms with Gasteiger partial charge in [0.25, 0.3) is 5.69 Å². The Hall–Kier alpha value is -2.74. The molecule has 0 unspecified atom stereocenters. The molecular formula is C17H18N2O5S. The molecule has 132 valence electrons. The number of amides is 1. The van der Waals surface area contributed by atoms with Gasteiger partial charge in [-0.1, -0.05) is 13.8 Å². The van der Waals surface area contributed by atoms with Crippen molar-refractivity contribution in [1.29, 1.82) is 0 Å². The third-order valence-corrected chi connectivity index (χ3v) is 4.32. The van der Waals surface area contributed by atoms with Crippen molar-refractivity contribution < 1.29 is 19.2 Å². The normalized spacial score (nSPS) is 10.6. The summed E-state index contributed by atoms with van der Waals surface area (Å²) < 4.78 is 5.10. The first-order valence-electron chi connectivity index (χ1n) is 7.69.